The lowest BCUT2D eigenvalue weighted by molar-refractivity contribution is -0.0548. The summed E-state index contributed by atoms with van der Waals surface area (Å²) in [6.07, 6.45) is -1.19. The number of benzene rings is 2. The summed E-state index contributed by atoms with van der Waals surface area (Å²) in [4.78, 5) is 11.3. The van der Waals surface area contributed by atoms with Crippen molar-refractivity contribution in [1.29, 1.82) is 0 Å². The molecule has 0 saturated carbocycles. The molecule has 0 amide bonds. The van der Waals surface area contributed by atoms with Crippen LogP contribution in [0.2, 0.25) is 0 Å². The minimum atomic E-state index is -1.19. The Morgan fingerprint density at radius 1 is 1.16 bits per heavy atom. The summed E-state index contributed by atoms with van der Waals surface area (Å²) in [5.41, 5.74) is 1.89. The van der Waals surface area contributed by atoms with Crippen LogP contribution < -0.4 is 4.74 Å². The first-order valence-corrected chi connectivity index (χ1v) is 5.94. The molecule has 1 aliphatic heterocycles. The van der Waals surface area contributed by atoms with E-state index < -0.39 is 12.3 Å². The molecule has 1 aliphatic rings. The van der Waals surface area contributed by atoms with Gasteiger partial charge in [0.1, 0.15) is 12.4 Å². The number of carbonyl (C=O) groups is 1. The number of aliphatic hydroxyl groups excluding tert-OH is 1. The Hall–Kier alpha value is -2.33. The third-order valence-corrected chi connectivity index (χ3v) is 2.98. The number of aliphatic hydroxyl groups is 1. The van der Waals surface area contributed by atoms with Gasteiger partial charge in [-0.25, -0.2) is 4.79 Å². The zero-order valence-electron chi connectivity index (χ0n) is 10.1. The van der Waals surface area contributed by atoms with Crippen LogP contribution in [0.1, 0.15) is 27.8 Å². The molecule has 0 aromatic heterocycles. The molecule has 0 bridgehead atoms. The summed E-state index contributed by atoms with van der Waals surface area (Å²) in [5, 5.41) is 9.56. The van der Waals surface area contributed by atoms with E-state index in [1.165, 1.54) is 0 Å². The van der Waals surface area contributed by atoms with E-state index in [4.69, 9.17) is 9.47 Å². The molecular weight excluding hydrogens is 244 g/mol. The lowest BCUT2D eigenvalue weighted by Crippen LogP contribution is -1.97. The molecular formula is C15H12O4. The van der Waals surface area contributed by atoms with Crippen molar-refractivity contribution in [2.45, 2.75) is 12.9 Å². The van der Waals surface area contributed by atoms with Crippen LogP contribution in [0.4, 0.5) is 0 Å². The maximum Gasteiger partial charge on any atom is 0.341 e. The highest BCUT2D eigenvalue weighted by atomic mass is 16.6. The van der Waals surface area contributed by atoms with Crippen molar-refractivity contribution in [3.05, 3.63) is 65.2 Å². The second-order valence-corrected chi connectivity index (χ2v) is 4.28. The standard InChI is InChI=1S/C15H12O4/c16-14-12-7-6-11(8-13(12)15(17)19-14)18-9-10-4-2-1-3-5-10/h1-8,15,17H,9H2. The third kappa shape index (κ3) is 2.30. The minimum absolute atomic E-state index is 0.388. The van der Waals surface area contributed by atoms with Crippen LogP contribution >= 0.6 is 0 Å². The highest BCUT2D eigenvalue weighted by Crippen LogP contribution is 2.31. The quantitative estimate of drug-likeness (QED) is 0.857. The molecule has 0 saturated heterocycles. The van der Waals surface area contributed by atoms with E-state index >= 15 is 0 Å². The fraction of sp³-hybridized carbons (Fsp3) is 0.133. The van der Waals surface area contributed by atoms with Crippen molar-refractivity contribution in [2.24, 2.45) is 0 Å². The van der Waals surface area contributed by atoms with Gasteiger partial charge in [0.2, 0.25) is 6.29 Å². The largest absolute Gasteiger partial charge is 0.489 e. The number of rotatable bonds is 3. The first-order valence-electron chi connectivity index (χ1n) is 5.94. The summed E-state index contributed by atoms with van der Waals surface area (Å²) in [5.74, 6) is 0.0945. The van der Waals surface area contributed by atoms with Gasteiger partial charge in [-0.15, -0.1) is 0 Å². The summed E-state index contributed by atoms with van der Waals surface area (Å²) < 4.78 is 10.3. The molecule has 0 aliphatic carbocycles. The summed E-state index contributed by atoms with van der Waals surface area (Å²) in [6, 6.07) is 14.7. The number of esters is 1. The van der Waals surface area contributed by atoms with Gasteiger partial charge in [0.15, 0.2) is 0 Å². The maximum absolute atomic E-state index is 11.3. The van der Waals surface area contributed by atoms with E-state index in [9.17, 15) is 9.90 Å². The Kier molecular flexibility index (Phi) is 2.93. The molecule has 1 N–H and O–H groups in total. The molecule has 0 radical (unpaired) electrons. The highest BCUT2D eigenvalue weighted by molar-refractivity contribution is 5.94. The predicted molar refractivity (Wildman–Crippen MR) is 67.6 cm³/mol. The molecule has 4 nitrogen and oxygen atoms in total. The maximum atomic E-state index is 11.3. The van der Waals surface area contributed by atoms with E-state index in [2.05, 4.69) is 0 Å². The van der Waals surface area contributed by atoms with Crippen molar-refractivity contribution in [3.63, 3.8) is 0 Å². The van der Waals surface area contributed by atoms with Crippen molar-refractivity contribution < 1.29 is 19.4 Å². The van der Waals surface area contributed by atoms with Crippen molar-refractivity contribution in [1.82, 2.24) is 0 Å². The molecule has 1 heterocycles. The number of hydrogen-bond acceptors (Lipinski definition) is 4. The average Bonchev–Trinajstić information content (AvgIpc) is 2.73. The fourth-order valence-electron chi connectivity index (χ4n) is 1.99. The Labute approximate surface area is 110 Å². The third-order valence-electron chi connectivity index (χ3n) is 2.98. The summed E-state index contributed by atoms with van der Waals surface area (Å²) in [6.45, 7) is 0.435. The summed E-state index contributed by atoms with van der Waals surface area (Å²) in [7, 11) is 0. The Morgan fingerprint density at radius 2 is 1.95 bits per heavy atom. The second-order valence-electron chi connectivity index (χ2n) is 4.28. The van der Waals surface area contributed by atoms with Gasteiger partial charge >= 0.3 is 5.97 Å². The smallest absolute Gasteiger partial charge is 0.341 e. The van der Waals surface area contributed by atoms with E-state index in [0.29, 0.717) is 23.5 Å². The Morgan fingerprint density at radius 3 is 2.74 bits per heavy atom. The van der Waals surface area contributed by atoms with Crippen LogP contribution in [0.3, 0.4) is 0 Å². The number of ether oxygens (including phenoxy) is 2. The zero-order chi connectivity index (χ0) is 13.2. The minimum Gasteiger partial charge on any atom is -0.489 e. The first kappa shape index (κ1) is 11.7. The van der Waals surface area contributed by atoms with Gasteiger partial charge in [0, 0.05) is 5.56 Å². The molecule has 2 aromatic rings. The number of hydrogen-bond donors (Lipinski definition) is 1. The molecule has 96 valence electrons. The van der Waals surface area contributed by atoms with Gasteiger partial charge in [0.25, 0.3) is 0 Å². The SMILES string of the molecule is O=C1OC(O)c2cc(OCc3ccccc3)ccc21. The van der Waals surface area contributed by atoms with E-state index in [-0.39, 0.29) is 0 Å². The van der Waals surface area contributed by atoms with Crippen LogP contribution in [-0.4, -0.2) is 11.1 Å². The van der Waals surface area contributed by atoms with Gasteiger partial charge < -0.3 is 14.6 Å². The van der Waals surface area contributed by atoms with Gasteiger partial charge in [-0.1, -0.05) is 30.3 Å². The monoisotopic (exact) mass is 256 g/mol. The second kappa shape index (κ2) is 4.74. The Balaban J connectivity index is 1.77. The number of carbonyl (C=O) groups excluding carboxylic acids is 1. The van der Waals surface area contributed by atoms with E-state index in [0.717, 1.165) is 5.56 Å². The first-order chi connectivity index (χ1) is 9.24. The molecule has 4 heteroatoms. The van der Waals surface area contributed by atoms with Gasteiger partial charge in [-0.05, 0) is 23.8 Å². The topological polar surface area (TPSA) is 55.8 Å². The van der Waals surface area contributed by atoms with Gasteiger partial charge in [-0.2, -0.15) is 0 Å². The van der Waals surface area contributed by atoms with E-state index in [1.54, 1.807) is 18.2 Å². The molecule has 1 atom stereocenters. The predicted octanol–water partition coefficient (Wildman–Crippen LogP) is 2.43. The normalized spacial score (nSPS) is 16.9. The molecule has 0 fully saturated rings. The van der Waals surface area contributed by atoms with Gasteiger partial charge in [0.05, 0.1) is 5.56 Å². The summed E-state index contributed by atoms with van der Waals surface area (Å²) >= 11 is 0. The van der Waals surface area contributed by atoms with Gasteiger partial charge in [-0.3, -0.25) is 0 Å². The zero-order valence-corrected chi connectivity index (χ0v) is 10.1. The lowest BCUT2D eigenvalue weighted by atomic mass is 10.1. The fourth-order valence-corrected chi connectivity index (χ4v) is 1.99. The van der Waals surface area contributed by atoms with Crippen molar-refractivity contribution in [2.75, 3.05) is 0 Å². The van der Waals surface area contributed by atoms with Crippen LogP contribution in [0.15, 0.2) is 48.5 Å². The lowest BCUT2D eigenvalue weighted by Gasteiger charge is -2.08. The van der Waals surface area contributed by atoms with Crippen molar-refractivity contribution >= 4 is 5.97 Å². The van der Waals surface area contributed by atoms with E-state index in [1.807, 2.05) is 30.3 Å². The molecule has 0 spiro atoms. The molecule has 2 aromatic carbocycles. The van der Waals surface area contributed by atoms with Crippen LogP contribution in [-0.2, 0) is 11.3 Å². The number of fused-ring (bicyclic) bond motifs is 1. The molecule has 19 heavy (non-hydrogen) atoms. The molecule has 1 unspecified atom stereocenters. The average molecular weight is 256 g/mol. The Bertz CT molecular complexity index is 607. The molecule has 3 rings (SSSR count). The highest BCUT2D eigenvalue weighted by Gasteiger charge is 2.29. The van der Waals surface area contributed by atoms with Crippen LogP contribution in [0.5, 0.6) is 5.75 Å². The van der Waals surface area contributed by atoms with Crippen molar-refractivity contribution in [3.8, 4) is 5.75 Å². The van der Waals surface area contributed by atoms with Crippen LogP contribution in [0.25, 0.3) is 0 Å². The number of cyclic esters (lactones) is 1. The van der Waals surface area contributed by atoms with Crippen LogP contribution in [0, 0.1) is 0 Å².